The van der Waals surface area contributed by atoms with Gasteiger partial charge in [-0.2, -0.15) is 0 Å². The third-order valence-electron chi connectivity index (χ3n) is 5.53. The van der Waals surface area contributed by atoms with Gasteiger partial charge in [-0.05, 0) is 74.0 Å². The molecular formula is C24H20ClN3O4S. The van der Waals surface area contributed by atoms with Crippen LogP contribution in [0.25, 0.3) is 11.8 Å². The van der Waals surface area contributed by atoms with E-state index in [1.165, 1.54) is 4.90 Å². The van der Waals surface area contributed by atoms with Crippen LogP contribution in [0.2, 0.25) is 5.02 Å². The molecule has 7 nitrogen and oxygen atoms in total. The quantitative estimate of drug-likeness (QED) is 0.246. The number of amides is 2. The molecule has 1 fully saturated rings. The van der Waals surface area contributed by atoms with E-state index in [9.17, 15) is 19.7 Å². The van der Waals surface area contributed by atoms with Crippen LogP contribution in [0.15, 0.2) is 53.4 Å². The molecule has 1 aliphatic heterocycles. The second-order valence-corrected chi connectivity index (χ2v) is 9.21. The van der Waals surface area contributed by atoms with Gasteiger partial charge < -0.3 is 4.57 Å². The Morgan fingerprint density at radius 1 is 1.06 bits per heavy atom. The first-order valence-corrected chi connectivity index (χ1v) is 11.3. The number of rotatable bonds is 5. The van der Waals surface area contributed by atoms with Gasteiger partial charge in [0.15, 0.2) is 0 Å². The van der Waals surface area contributed by atoms with Crippen LogP contribution in [0, 0.1) is 30.9 Å². The van der Waals surface area contributed by atoms with Crippen molar-refractivity contribution in [3.05, 3.63) is 96.7 Å². The zero-order chi connectivity index (χ0) is 23.9. The summed E-state index contributed by atoms with van der Waals surface area (Å²) in [4.78, 5) is 37.9. The van der Waals surface area contributed by atoms with E-state index in [1.54, 1.807) is 49.4 Å². The van der Waals surface area contributed by atoms with Crippen molar-refractivity contribution in [3.63, 3.8) is 0 Å². The second-order valence-electron chi connectivity index (χ2n) is 7.78. The van der Waals surface area contributed by atoms with E-state index >= 15 is 0 Å². The fourth-order valence-electron chi connectivity index (χ4n) is 3.81. The monoisotopic (exact) mass is 481 g/mol. The fraction of sp³-hybridized carbons (Fsp3) is 0.167. The van der Waals surface area contributed by atoms with Crippen LogP contribution >= 0.6 is 23.4 Å². The van der Waals surface area contributed by atoms with Gasteiger partial charge in [0.05, 0.1) is 22.1 Å². The lowest BCUT2D eigenvalue weighted by molar-refractivity contribution is -0.385. The van der Waals surface area contributed by atoms with Crippen LogP contribution in [0.3, 0.4) is 0 Å². The van der Waals surface area contributed by atoms with Gasteiger partial charge in [0, 0.05) is 28.0 Å². The summed E-state index contributed by atoms with van der Waals surface area (Å²) in [6, 6.07) is 14.0. The number of halogens is 1. The Kier molecular flexibility index (Phi) is 6.14. The Labute approximate surface area is 199 Å². The molecule has 1 aromatic heterocycles. The summed E-state index contributed by atoms with van der Waals surface area (Å²) in [5.74, 6) is -0.351. The largest absolute Gasteiger partial charge is 0.318 e. The van der Waals surface area contributed by atoms with E-state index in [0.717, 1.165) is 34.3 Å². The summed E-state index contributed by atoms with van der Waals surface area (Å²) in [5.41, 5.74) is 4.55. The number of hydrogen-bond donors (Lipinski definition) is 0. The maximum atomic E-state index is 12.9. The van der Waals surface area contributed by atoms with Gasteiger partial charge in [0.25, 0.3) is 16.8 Å². The number of hydrogen-bond acceptors (Lipinski definition) is 5. The molecule has 168 valence electrons. The molecular weight excluding hydrogens is 462 g/mol. The van der Waals surface area contributed by atoms with E-state index in [1.807, 2.05) is 30.5 Å². The normalized spacial score (nSPS) is 15.0. The minimum absolute atomic E-state index is 0.0462. The molecule has 2 aromatic carbocycles. The van der Waals surface area contributed by atoms with Crippen molar-refractivity contribution in [1.82, 2.24) is 9.47 Å². The van der Waals surface area contributed by atoms with E-state index in [-0.39, 0.29) is 23.4 Å². The highest BCUT2D eigenvalue weighted by Crippen LogP contribution is 2.35. The second kappa shape index (κ2) is 8.88. The van der Waals surface area contributed by atoms with Crippen molar-refractivity contribution in [2.75, 3.05) is 0 Å². The molecule has 2 heterocycles. The van der Waals surface area contributed by atoms with E-state index in [2.05, 4.69) is 0 Å². The number of nitrogens with zero attached hydrogens (tertiary/aromatic N) is 3. The first-order valence-electron chi connectivity index (χ1n) is 10.1. The standard InChI is InChI=1S/C24H20ClN3O4S/c1-14-4-9-20(12-21(14)28(31)32)27-15(2)10-18(16(27)3)11-22-23(29)26(24(30)33-22)13-17-5-7-19(25)8-6-17/h4-12H,13H2,1-3H3/b22-11-. The first-order chi connectivity index (χ1) is 15.7. The number of carbonyl (C=O) groups is 2. The first kappa shape index (κ1) is 22.8. The number of imide groups is 1. The summed E-state index contributed by atoms with van der Waals surface area (Å²) in [5, 5.41) is 11.6. The molecule has 33 heavy (non-hydrogen) atoms. The van der Waals surface area contributed by atoms with Crippen LogP contribution in [0.1, 0.15) is 28.1 Å². The summed E-state index contributed by atoms with van der Waals surface area (Å²) < 4.78 is 1.90. The van der Waals surface area contributed by atoms with Crippen LogP contribution < -0.4 is 0 Å². The Bertz CT molecular complexity index is 1330. The number of thioether (sulfide) groups is 1. The molecule has 0 unspecified atom stereocenters. The highest BCUT2D eigenvalue weighted by molar-refractivity contribution is 8.18. The lowest BCUT2D eigenvalue weighted by Crippen LogP contribution is -2.27. The maximum absolute atomic E-state index is 12.9. The minimum atomic E-state index is -0.398. The van der Waals surface area contributed by atoms with Gasteiger partial charge in [-0.25, -0.2) is 0 Å². The Morgan fingerprint density at radius 2 is 1.76 bits per heavy atom. The van der Waals surface area contributed by atoms with Gasteiger partial charge in [-0.3, -0.25) is 24.6 Å². The number of nitro groups is 1. The Morgan fingerprint density at radius 3 is 2.42 bits per heavy atom. The van der Waals surface area contributed by atoms with Crippen molar-refractivity contribution < 1.29 is 14.5 Å². The molecule has 1 saturated heterocycles. The molecule has 0 aliphatic carbocycles. The van der Waals surface area contributed by atoms with Gasteiger partial charge in [-0.15, -0.1) is 0 Å². The van der Waals surface area contributed by atoms with Crippen LogP contribution in [-0.4, -0.2) is 25.5 Å². The zero-order valence-corrected chi connectivity index (χ0v) is 19.7. The summed E-state index contributed by atoms with van der Waals surface area (Å²) >= 11 is 6.81. The molecule has 0 atom stereocenters. The molecule has 0 spiro atoms. The topological polar surface area (TPSA) is 85.5 Å². The third-order valence-corrected chi connectivity index (χ3v) is 6.69. The molecule has 0 saturated carbocycles. The lowest BCUT2D eigenvalue weighted by Gasteiger charge is -2.12. The minimum Gasteiger partial charge on any atom is -0.318 e. The highest BCUT2D eigenvalue weighted by Gasteiger charge is 2.35. The molecule has 0 N–H and O–H groups in total. The average Bonchev–Trinajstić information content (AvgIpc) is 3.19. The van der Waals surface area contributed by atoms with Gasteiger partial charge >= 0.3 is 0 Å². The number of nitro benzene ring substituents is 1. The van der Waals surface area contributed by atoms with Crippen molar-refractivity contribution in [3.8, 4) is 5.69 Å². The Hall–Kier alpha value is -3.36. The van der Waals surface area contributed by atoms with Crippen molar-refractivity contribution in [2.45, 2.75) is 27.3 Å². The molecule has 2 amide bonds. The fourth-order valence-corrected chi connectivity index (χ4v) is 4.77. The predicted octanol–water partition coefficient (Wildman–Crippen LogP) is 6.20. The van der Waals surface area contributed by atoms with Crippen LogP contribution in [-0.2, 0) is 11.3 Å². The molecule has 9 heteroatoms. The number of benzene rings is 2. The van der Waals surface area contributed by atoms with Gasteiger partial charge in [0.2, 0.25) is 0 Å². The number of aryl methyl sites for hydroxylation is 2. The van der Waals surface area contributed by atoms with E-state index in [4.69, 9.17) is 11.6 Å². The highest BCUT2D eigenvalue weighted by atomic mass is 35.5. The lowest BCUT2D eigenvalue weighted by atomic mass is 10.1. The summed E-state index contributed by atoms with van der Waals surface area (Å²) in [7, 11) is 0. The van der Waals surface area contributed by atoms with Crippen LogP contribution in [0.5, 0.6) is 0 Å². The van der Waals surface area contributed by atoms with E-state index in [0.29, 0.717) is 21.2 Å². The summed E-state index contributed by atoms with van der Waals surface area (Å²) in [6.07, 6.45) is 1.70. The van der Waals surface area contributed by atoms with Crippen molar-refractivity contribution in [2.24, 2.45) is 0 Å². The molecule has 1 aliphatic rings. The average molecular weight is 482 g/mol. The Balaban J connectivity index is 1.64. The predicted molar refractivity (Wildman–Crippen MR) is 130 cm³/mol. The number of aromatic nitrogens is 1. The molecule has 4 rings (SSSR count). The SMILES string of the molecule is Cc1ccc(-n2c(C)cc(/C=C3\SC(=O)N(Cc4ccc(Cl)cc4)C3=O)c2C)cc1[N+](=O)[O-]. The van der Waals surface area contributed by atoms with Crippen molar-refractivity contribution >= 4 is 46.3 Å². The van der Waals surface area contributed by atoms with Crippen molar-refractivity contribution in [1.29, 1.82) is 0 Å². The third kappa shape index (κ3) is 4.44. The van der Waals surface area contributed by atoms with Gasteiger partial charge in [-0.1, -0.05) is 29.8 Å². The molecule has 0 bridgehead atoms. The zero-order valence-electron chi connectivity index (χ0n) is 18.2. The maximum Gasteiger partial charge on any atom is 0.293 e. The van der Waals surface area contributed by atoms with E-state index < -0.39 is 4.92 Å². The summed E-state index contributed by atoms with van der Waals surface area (Å²) in [6.45, 7) is 5.64. The molecule has 3 aromatic rings. The smallest absolute Gasteiger partial charge is 0.293 e. The van der Waals surface area contributed by atoms with Crippen LogP contribution in [0.4, 0.5) is 10.5 Å². The molecule has 0 radical (unpaired) electrons. The van der Waals surface area contributed by atoms with Gasteiger partial charge in [0.1, 0.15) is 0 Å². The number of carbonyl (C=O) groups excluding carboxylic acids is 2.